The van der Waals surface area contributed by atoms with Gasteiger partial charge in [-0.2, -0.15) is 0 Å². The normalized spacial score (nSPS) is 17.6. The third kappa shape index (κ3) is 5.96. The van der Waals surface area contributed by atoms with E-state index in [0.29, 0.717) is 6.61 Å². The Morgan fingerprint density at radius 2 is 1.71 bits per heavy atom. The second-order valence-corrected chi connectivity index (χ2v) is 2.63. The average Bonchev–Trinajstić information content (AvgIpc) is 3.02. The van der Waals surface area contributed by atoms with Gasteiger partial charge >= 0.3 is 0 Å². The summed E-state index contributed by atoms with van der Waals surface area (Å²) in [6.07, 6.45) is -0.0274. The highest BCUT2D eigenvalue weighted by Crippen LogP contribution is 2.07. The van der Waals surface area contributed by atoms with Gasteiger partial charge in [0.2, 0.25) is 0 Å². The molecular weight excluding hydrogens is 186 g/mol. The summed E-state index contributed by atoms with van der Waals surface area (Å²) >= 11 is 0. The number of benzene rings is 1. The van der Waals surface area contributed by atoms with Gasteiger partial charge in [0.05, 0.1) is 6.61 Å². The van der Waals surface area contributed by atoms with Gasteiger partial charge in [-0.25, -0.2) is 0 Å². The maximum absolute atomic E-state index is 9.46. The summed E-state index contributed by atoms with van der Waals surface area (Å²) in [6.45, 7) is 0.668. The molecule has 2 rings (SSSR count). The summed E-state index contributed by atoms with van der Waals surface area (Å²) in [7, 11) is 0. The van der Waals surface area contributed by atoms with Crippen LogP contribution in [-0.2, 0) is 9.57 Å². The summed E-state index contributed by atoms with van der Waals surface area (Å²) in [5, 5.41) is 8.64. The number of nitrogens with zero attached hydrogens (tertiary/aromatic N) is 1. The molecule has 0 spiro atoms. The molecule has 0 aromatic heterocycles. The van der Waals surface area contributed by atoms with Crippen LogP contribution in [0.5, 0.6) is 0 Å². The number of hydrogen-bond acceptors (Lipinski definition) is 4. The SMILES string of the molecule is O=[N+]([O-])OCC1CO1.c1ccccc1. The molecule has 1 unspecified atom stereocenters. The van der Waals surface area contributed by atoms with E-state index < -0.39 is 5.09 Å². The summed E-state index contributed by atoms with van der Waals surface area (Å²) in [6, 6.07) is 12.0. The molecule has 0 saturated carbocycles. The van der Waals surface area contributed by atoms with E-state index in [2.05, 4.69) is 9.57 Å². The number of rotatable bonds is 3. The first-order valence-corrected chi connectivity index (χ1v) is 4.18. The van der Waals surface area contributed by atoms with Crippen LogP contribution in [0.4, 0.5) is 0 Å². The van der Waals surface area contributed by atoms with Crippen LogP contribution in [0, 0.1) is 10.1 Å². The fourth-order valence-electron chi connectivity index (χ4n) is 0.693. The molecule has 5 nitrogen and oxygen atoms in total. The van der Waals surface area contributed by atoms with E-state index in [4.69, 9.17) is 0 Å². The lowest BCUT2D eigenvalue weighted by molar-refractivity contribution is -0.758. The lowest BCUT2D eigenvalue weighted by Crippen LogP contribution is -2.06. The minimum Gasteiger partial charge on any atom is -0.371 e. The van der Waals surface area contributed by atoms with Gasteiger partial charge in [-0.1, -0.05) is 36.4 Å². The topological polar surface area (TPSA) is 64.9 Å². The van der Waals surface area contributed by atoms with E-state index in [1.807, 2.05) is 36.4 Å². The van der Waals surface area contributed by atoms with Crippen molar-refractivity contribution in [2.45, 2.75) is 6.10 Å². The smallest absolute Gasteiger partial charge is 0.294 e. The Hall–Kier alpha value is -1.62. The van der Waals surface area contributed by atoms with Crippen molar-refractivity contribution in [1.29, 1.82) is 0 Å². The van der Waals surface area contributed by atoms with E-state index >= 15 is 0 Å². The molecule has 1 saturated heterocycles. The Bertz CT molecular complexity index is 234. The molecule has 0 bridgehead atoms. The van der Waals surface area contributed by atoms with Gasteiger partial charge in [0.15, 0.2) is 0 Å². The zero-order valence-corrected chi connectivity index (χ0v) is 7.54. The van der Waals surface area contributed by atoms with Gasteiger partial charge in [-0.05, 0) is 0 Å². The maximum Gasteiger partial charge on any atom is 0.294 e. The van der Waals surface area contributed by atoms with Gasteiger partial charge in [-0.15, -0.1) is 10.1 Å². The van der Waals surface area contributed by atoms with Crippen LogP contribution < -0.4 is 0 Å². The summed E-state index contributed by atoms with van der Waals surface area (Å²) in [5.74, 6) is 0. The first-order chi connectivity index (χ1) is 6.79. The third-order valence-electron chi connectivity index (χ3n) is 1.43. The molecule has 1 heterocycles. The molecule has 1 aromatic rings. The minimum absolute atomic E-state index is 0.0274. The highest BCUT2D eigenvalue weighted by Gasteiger charge is 2.23. The Labute approximate surface area is 81.4 Å². The predicted octanol–water partition coefficient (Wildman–Crippen LogP) is 1.28. The van der Waals surface area contributed by atoms with E-state index in [1.54, 1.807) is 0 Å². The molecule has 1 aliphatic rings. The molecule has 5 heteroatoms. The summed E-state index contributed by atoms with van der Waals surface area (Å²) in [4.78, 5) is 13.4. The van der Waals surface area contributed by atoms with Crippen molar-refractivity contribution in [3.63, 3.8) is 0 Å². The van der Waals surface area contributed by atoms with E-state index in [-0.39, 0.29) is 12.7 Å². The molecule has 0 radical (unpaired) electrons. The lowest BCUT2D eigenvalue weighted by Gasteiger charge is -1.89. The van der Waals surface area contributed by atoms with Gasteiger partial charge in [0, 0.05) is 0 Å². The quantitative estimate of drug-likeness (QED) is 0.416. The van der Waals surface area contributed by atoms with Gasteiger partial charge in [0.25, 0.3) is 5.09 Å². The second kappa shape index (κ2) is 5.93. The van der Waals surface area contributed by atoms with Crippen molar-refractivity contribution in [2.75, 3.05) is 13.2 Å². The predicted molar refractivity (Wildman–Crippen MR) is 49.1 cm³/mol. The molecule has 1 aliphatic heterocycles. The van der Waals surface area contributed by atoms with Crippen molar-refractivity contribution < 1.29 is 14.7 Å². The number of hydrogen-bond donors (Lipinski definition) is 0. The van der Waals surface area contributed by atoms with Crippen molar-refractivity contribution >= 4 is 0 Å². The van der Waals surface area contributed by atoms with Gasteiger partial charge in [-0.3, -0.25) is 0 Å². The van der Waals surface area contributed by atoms with Gasteiger partial charge in [0.1, 0.15) is 12.7 Å². The lowest BCUT2D eigenvalue weighted by atomic mass is 10.4. The molecule has 1 fully saturated rings. The van der Waals surface area contributed by atoms with E-state index in [1.165, 1.54) is 0 Å². The molecule has 14 heavy (non-hydrogen) atoms. The fourth-order valence-corrected chi connectivity index (χ4v) is 0.693. The van der Waals surface area contributed by atoms with Crippen LogP contribution in [0.1, 0.15) is 0 Å². The first-order valence-electron chi connectivity index (χ1n) is 4.18. The standard InChI is InChI=1S/C6H6.C3H5NO4/c1-2-4-6-5-3-1;5-4(6)8-2-3-1-7-3/h1-6H;3H,1-2H2. The van der Waals surface area contributed by atoms with Crippen LogP contribution in [0.2, 0.25) is 0 Å². The van der Waals surface area contributed by atoms with Crippen LogP contribution in [-0.4, -0.2) is 24.4 Å². The Kier molecular flexibility index (Phi) is 4.43. The third-order valence-corrected chi connectivity index (χ3v) is 1.43. The molecule has 0 aliphatic carbocycles. The Morgan fingerprint density at radius 3 is 2.00 bits per heavy atom. The molecular formula is C9H11NO4. The molecule has 0 amide bonds. The highest BCUT2D eigenvalue weighted by atomic mass is 17.0. The highest BCUT2D eigenvalue weighted by molar-refractivity contribution is 4.99. The average molecular weight is 197 g/mol. The van der Waals surface area contributed by atoms with Crippen LogP contribution >= 0.6 is 0 Å². The van der Waals surface area contributed by atoms with E-state index in [9.17, 15) is 10.1 Å². The number of ether oxygens (including phenoxy) is 1. The van der Waals surface area contributed by atoms with E-state index in [0.717, 1.165) is 0 Å². The van der Waals surface area contributed by atoms with Crippen molar-refractivity contribution in [1.82, 2.24) is 0 Å². The molecule has 1 atom stereocenters. The fraction of sp³-hybridized carbons (Fsp3) is 0.333. The molecule has 1 aromatic carbocycles. The van der Waals surface area contributed by atoms with Gasteiger partial charge < -0.3 is 9.57 Å². The second-order valence-electron chi connectivity index (χ2n) is 2.63. The van der Waals surface area contributed by atoms with Crippen LogP contribution in [0.3, 0.4) is 0 Å². The molecule has 0 N–H and O–H groups in total. The monoisotopic (exact) mass is 197 g/mol. The zero-order chi connectivity index (χ0) is 10.2. The summed E-state index contributed by atoms with van der Waals surface area (Å²) < 4.78 is 4.63. The van der Waals surface area contributed by atoms with Crippen molar-refractivity contribution in [2.24, 2.45) is 0 Å². The van der Waals surface area contributed by atoms with Crippen LogP contribution in [0.25, 0.3) is 0 Å². The number of epoxide rings is 1. The van der Waals surface area contributed by atoms with Crippen molar-refractivity contribution in [3.05, 3.63) is 46.5 Å². The summed E-state index contributed by atoms with van der Waals surface area (Å²) in [5.41, 5.74) is 0. The Morgan fingerprint density at radius 1 is 1.29 bits per heavy atom. The Balaban J connectivity index is 0.000000146. The van der Waals surface area contributed by atoms with Crippen molar-refractivity contribution in [3.8, 4) is 0 Å². The first kappa shape index (κ1) is 10.5. The maximum atomic E-state index is 9.46. The molecule has 76 valence electrons. The van der Waals surface area contributed by atoms with Crippen LogP contribution in [0.15, 0.2) is 36.4 Å². The largest absolute Gasteiger partial charge is 0.371 e. The minimum atomic E-state index is -0.818. The zero-order valence-electron chi connectivity index (χ0n) is 7.54.